The second-order valence-corrected chi connectivity index (χ2v) is 6.16. The van der Waals surface area contributed by atoms with E-state index in [0.29, 0.717) is 12.1 Å². The molecule has 0 fully saturated rings. The molecule has 1 N–H and O–H groups in total. The van der Waals surface area contributed by atoms with Crippen molar-refractivity contribution >= 4 is 11.9 Å². The van der Waals surface area contributed by atoms with Gasteiger partial charge in [0.25, 0.3) is 5.91 Å². The average Bonchev–Trinajstić information content (AvgIpc) is 2.60. The summed E-state index contributed by atoms with van der Waals surface area (Å²) in [5.74, 6) is -0.457. The molecule has 6 heteroatoms. The summed E-state index contributed by atoms with van der Waals surface area (Å²) in [6, 6.07) is 9.16. The first kappa shape index (κ1) is 18.4. The number of hydrogen-bond acceptors (Lipinski definition) is 4. The van der Waals surface area contributed by atoms with Crippen LogP contribution in [0.1, 0.15) is 24.2 Å². The van der Waals surface area contributed by atoms with Gasteiger partial charge >= 0.3 is 5.97 Å². The summed E-state index contributed by atoms with van der Waals surface area (Å²) in [7, 11) is 1.60. The number of rotatable bonds is 7. The first-order valence-electron chi connectivity index (χ1n) is 8.01. The molecular weight excluding hydrogens is 320 g/mol. The highest BCUT2D eigenvalue weighted by Gasteiger charge is 2.20. The Morgan fingerprint density at radius 2 is 1.84 bits per heavy atom. The fourth-order valence-corrected chi connectivity index (χ4v) is 2.50. The zero-order valence-electron chi connectivity index (χ0n) is 14.6. The van der Waals surface area contributed by atoms with Crippen LogP contribution in [-0.4, -0.2) is 47.1 Å². The largest absolute Gasteiger partial charge is 0.497 e. The van der Waals surface area contributed by atoms with Crippen molar-refractivity contribution in [2.45, 2.75) is 13.8 Å². The maximum absolute atomic E-state index is 12.7. The summed E-state index contributed by atoms with van der Waals surface area (Å²) in [5, 5.41) is 9.05. The minimum absolute atomic E-state index is 0.168. The molecule has 2 aromatic rings. The van der Waals surface area contributed by atoms with Crippen LogP contribution in [0.25, 0.3) is 11.1 Å². The Balaban J connectivity index is 2.28. The molecule has 0 spiro atoms. The highest BCUT2D eigenvalue weighted by atomic mass is 16.5. The van der Waals surface area contributed by atoms with Gasteiger partial charge in [0, 0.05) is 24.5 Å². The lowest BCUT2D eigenvalue weighted by atomic mass is 10.1. The number of hydrogen-bond donors (Lipinski definition) is 1. The normalized spacial score (nSPS) is 10.6. The molecule has 0 saturated carbocycles. The van der Waals surface area contributed by atoms with E-state index < -0.39 is 5.97 Å². The van der Waals surface area contributed by atoms with Crippen molar-refractivity contribution in [3.05, 3.63) is 48.3 Å². The Bertz CT molecular complexity index is 741. The highest BCUT2D eigenvalue weighted by Crippen LogP contribution is 2.23. The minimum atomic E-state index is -1.03. The molecule has 1 aromatic carbocycles. The molecule has 132 valence electrons. The van der Waals surface area contributed by atoms with Gasteiger partial charge in [0.15, 0.2) is 0 Å². The van der Waals surface area contributed by atoms with Crippen molar-refractivity contribution in [1.82, 2.24) is 9.88 Å². The van der Waals surface area contributed by atoms with Crippen molar-refractivity contribution in [1.29, 1.82) is 0 Å². The van der Waals surface area contributed by atoms with Gasteiger partial charge in [0.05, 0.1) is 12.7 Å². The molecule has 0 saturated heterocycles. The molecule has 0 bridgehead atoms. The van der Waals surface area contributed by atoms with Crippen LogP contribution in [0.4, 0.5) is 0 Å². The highest BCUT2D eigenvalue weighted by molar-refractivity contribution is 5.96. The lowest BCUT2D eigenvalue weighted by Gasteiger charge is -2.22. The SMILES string of the molecule is COc1ccc(-c2cncc(C(=O)N(CC(=O)O)CC(C)C)c2)cc1. The fourth-order valence-electron chi connectivity index (χ4n) is 2.50. The topological polar surface area (TPSA) is 79.7 Å². The van der Waals surface area contributed by atoms with Gasteiger partial charge in [-0.15, -0.1) is 0 Å². The van der Waals surface area contributed by atoms with E-state index in [4.69, 9.17) is 9.84 Å². The van der Waals surface area contributed by atoms with Crippen molar-refractivity contribution < 1.29 is 19.4 Å². The van der Waals surface area contributed by atoms with Gasteiger partial charge in [0.1, 0.15) is 12.3 Å². The first-order chi connectivity index (χ1) is 11.9. The molecule has 0 unspecified atom stereocenters. The number of amides is 1. The van der Waals surface area contributed by atoms with E-state index in [1.54, 1.807) is 19.4 Å². The molecule has 0 radical (unpaired) electrons. The van der Waals surface area contributed by atoms with Crippen LogP contribution in [0.2, 0.25) is 0 Å². The molecule has 0 aliphatic carbocycles. The van der Waals surface area contributed by atoms with Crippen molar-refractivity contribution in [2.24, 2.45) is 5.92 Å². The maximum Gasteiger partial charge on any atom is 0.323 e. The van der Waals surface area contributed by atoms with Crippen LogP contribution < -0.4 is 4.74 Å². The molecule has 1 amide bonds. The number of carboxylic acids is 1. The molecule has 0 atom stereocenters. The smallest absolute Gasteiger partial charge is 0.323 e. The summed E-state index contributed by atoms with van der Waals surface area (Å²) in [5.41, 5.74) is 2.06. The van der Waals surface area contributed by atoms with Crippen LogP contribution in [-0.2, 0) is 4.79 Å². The number of carbonyl (C=O) groups is 2. The third-order valence-corrected chi connectivity index (χ3v) is 3.61. The third-order valence-electron chi connectivity index (χ3n) is 3.61. The zero-order valence-corrected chi connectivity index (χ0v) is 14.6. The Morgan fingerprint density at radius 1 is 1.16 bits per heavy atom. The number of ether oxygens (including phenoxy) is 1. The van der Waals surface area contributed by atoms with Crippen LogP contribution in [0, 0.1) is 5.92 Å². The van der Waals surface area contributed by atoms with Gasteiger partial charge < -0.3 is 14.7 Å². The van der Waals surface area contributed by atoms with Gasteiger partial charge in [-0.2, -0.15) is 0 Å². The van der Waals surface area contributed by atoms with Crippen LogP contribution in [0.5, 0.6) is 5.75 Å². The summed E-state index contributed by atoms with van der Waals surface area (Å²) in [6.07, 6.45) is 3.13. The number of aromatic nitrogens is 1. The Labute approximate surface area is 147 Å². The number of methoxy groups -OCH3 is 1. The fraction of sp³-hybridized carbons (Fsp3) is 0.316. The van der Waals surface area contributed by atoms with Gasteiger partial charge in [-0.05, 0) is 29.7 Å². The number of carbonyl (C=O) groups excluding carboxylic acids is 1. The van der Waals surface area contributed by atoms with Gasteiger partial charge in [-0.1, -0.05) is 26.0 Å². The third kappa shape index (κ3) is 5.04. The molecule has 6 nitrogen and oxygen atoms in total. The van der Waals surface area contributed by atoms with E-state index in [0.717, 1.165) is 16.9 Å². The minimum Gasteiger partial charge on any atom is -0.497 e. The molecule has 0 aliphatic heterocycles. The molecule has 1 heterocycles. The monoisotopic (exact) mass is 342 g/mol. The second-order valence-electron chi connectivity index (χ2n) is 6.16. The molecule has 0 aliphatic rings. The van der Waals surface area contributed by atoms with Crippen LogP contribution in [0.15, 0.2) is 42.7 Å². The van der Waals surface area contributed by atoms with Crippen molar-refractivity contribution in [3.8, 4) is 16.9 Å². The molecular formula is C19H22N2O4. The zero-order chi connectivity index (χ0) is 18.4. The van der Waals surface area contributed by atoms with E-state index in [1.165, 1.54) is 11.1 Å². The summed E-state index contributed by atoms with van der Waals surface area (Å²) < 4.78 is 5.14. The van der Waals surface area contributed by atoms with E-state index in [9.17, 15) is 9.59 Å². The van der Waals surface area contributed by atoms with Gasteiger partial charge in [-0.25, -0.2) is 0 Å². The number of aliphatic carboxylic acids is 1. The Hall–Kier alpha value is -2.89. The van der Waals surface area contributed by atoms with E-state index in [2.05, 4.69) is 4.98 Å². The van der Waals surface area contributed by atoms with Gasteiger partial charge in [0.2, 0.25) is 0 Å². The van der Waals surface area contributed by atoms with Crippen LogP contribution >= 0.6 is 0 Å². The quantitative estimate of drug-likeness (QED) is 0.837. The Kier molecular flexibility index (Phi) is 6.11. The van der Waals surface area contributed by atoms with Crippen molar-refractivity contribution in [3.63, 3.8) is 0 Å². The van der Waals surface area contributed by atoms with Crippen molar-refractivity contribution in [2.75, 3.05) is 20.2 Å². The lowest BCUT2D eigenvalue weighted by Crippen LogP contribution is -2.38. The Morgan fingerprint density at radius 3 is 2.40 bits per heavy atom. The number of nitrogens with zero attached hydrogens (tertiary/aromatic N) is 2. The standard InChI is InChI=1S/C19H22N2O4/c1-13(2)11-21(12-18(22)23)19(24)16-8-15(9-20-10-16)14-4-6-17(25-3)7-5-14/h4-10,13H,11-12H2,1-3H3,(H,22,23). The van der Waals surface area contributed by atoms with E-state index >= 15 is 0 Å². The van der Waals surface area contributed by atoms with E-state index in [-0.39, 0.29) is 18.4 Å². The summed E-state index contributed by atoms with van der Waals surface area (Å²) in [4.78, 5) is 29.2. The number of pyridine rings is 1. The summed E-state index contributed by atoms with van der Waals surface area (Å²) >= 11 is 0. The van der Waals surface area contributed by atoms with Crippen LogP contribution in [0.3, 0.4) is 0 Å². The van der Waals surface area contributed by atoms with E-state index in [1.807, 2.05) is 38.1 Å². The predicted octanol–water partition coefficient (Wildman–Crippen LogP) is 2.94. The molecule has 25 heavy (non-hydrogen) atoms. The predicted molar refractivity (Wildman–Crippen MR) is 94.6 cm³/mol. The second kappa shape index (κ2) is 8.28. The first-order valence-corrected chi connectivity index (χ1v) is 8.01. The molecule has 1 aromatic heterocycles. The number of carboxylic acid groups (broad SMARTS) is 1. The number of benzene rings is 1. The summed E-state index contributed by atoms with van der Waals surface area (Å²) in [6.45, 7) is 3.92. The average molecular weight is 342 g/mol. The van der Waals surface area contributed by atoms with Gasteiger partial charge in [-0.3, -0.25) is 14.6 Å². The maximum atomic E-state index is 12.7. The molecule has 2 rings (SSSR count). The lowest BCUT2D eigenvalue weighted by molar-refractivity contribution is -0.137.